The Labute approximate surface area is 117 Å². The Morgan fingerprint density at radius 3 is 2.47 bits per heavy atom. The summed E-state index contributed by atoms with van der Waals surface area (Å²) in [6.07, 6.45) is 0. The number of halogens is 1. The van der Waals surface area contributed by atoms with Crippen molar-refractivity contribution in [1.29, 1.82) is 5.26 Å². The fraction of sp³-hybridized carbons (Fsp3) is 0.308. The number of rotatable bonds is 0. The minimum atomic E-state index is -3.82. The molecule has 1 heterocycles. The van der Waals surface area contributed by atoms with E-state index in [1.165, 1.54) is 6.07 Å². The Hall–Kier alpha value is -1.51. The zero-order chi connectivity index (χ0) is 14.4. The molecule has 0 atom stereocenters. The average Bonchev–Trinajstić information content (AvgIpc) is 2.28. The summed E-state index contributed by atoms with van der Waals surface area (Å²) >= 11 is 5.83. The summed E-state index contributed by atoms with van der Waals surface area (Å²) in [6.45, 7) is 5.55. The van der Waals surface area contributed by atoms with Gasteiger partial charge in [0.1, 0.15) is 6.07 Å². The van der Waals surface area contributed by atoms with Gasteiger partial charge in [-0.05, 0) is 18.2 Å². The second-order valence-electron chi connectivity index (χ2n) is 5.33. The van der Waals surface area contributed by atoms with E-state index in [0.29, 0.717) is 16.4 Å². The number of nitrogens with one attached hydrogen (secondary N) is 1. The highest BCUT2D eigenvalue weighted by Crippen LogP contribution is 2.41. The van der Waals surface area contributed by atoms with Crippen LogP contribution >= 0.6 is 11.6 Å². The van der Waals surface area contributed by atoms with Gasteiger partial charge >= 0.3 is 0 Å². The summed E-state index contributed by atoms with van der Waals surface area (Å²) in [5.41, 5.74) is 0.383. The molecule has 0 aliphatic carbocycles. The molecule has 0 amide bonds. The molecular formula is C13H13ClN2O2S. The third-order valence-corrected chi connectivity index (χ3v) is 4.82. The molecule has 0 bridgehead atoms. The van der Waals surface area contributed by atoms with E-state index >= 15 is 0 Å². The maximum atomic E-state index is 12.5. The van der Waals surface area contributed by atoms with Crippen LogP contribution < -0.4 is 5.32 Å². The molecule has 1 N–H and O–H groups in total. The summed E-state index contributed by atoms with van der Waals surface area (Å²) in [6, 6.07) is 6.37. The quantitative estimate of drug-likeness (QED) is 0.797. The lowest BCUT2D eigenvalue weighted by atomic mass is 9.91. The number of nitriles is 1. The number of benzene rings is 1. The van der Waals surface area contributed by atoms with Crippen molar-refractivity contribution in [2.75, 3.05) is 5.32 Å². The maximum Gasteiger partial charge on any atom is 0.220 e. The van der Waals surface area contributed by atoms with Gasteiger partial charge in [0.15, 0.2) is 4.91 Å². The summed E-state index contributed by atoms with van der Waals surface area (Å²) < 4.78 is 24.9. The van der Waals surface area contributed by atoms with Gasteiger partial charge in [-0.15, -0.1) is 0 Å². The molecule has 1 aliphatic rings. The molecule has 2 rings (SSSR count). The highest BCUT2D eigenvalue weighted by Gasteiger charge is 2.36. The van der Waals surface area contributed by atoms with Crippen LogP contribution in [0.2, 0.25) is 5.02 Å². The van der Waals surface area contributed by atoms with Crippen molar-refractivity contribution < 1.29 is 8.42 Å². The van der Waals surface area contributed by atoms with Crippen molar-refractivity contribution in [3.05, 3.63) is 33.8 Å². The number of sulfone groups is 1. The van der Waals surface area contributed by atoms with Gasteiger partial charge in [-0.25, -0.2) is 8.42 Å². The number of allylic oxidation sites excluding steroid dienone is 2. The predicted octanol–water partition coefficient (Wildman–Crippen LogP) is 3.32. The van der Waals surface area contributed by atoms with Gasteiger partial charge < -0.3 is 5.32 Å². The second kappa shape index (κ2) is 4.26. The molecule has 1 aromatic rings. The number of hydrogen-bond donors (Lipinski definition) is 1. The highest BCUT2D eigenvalue weighted by molar-refractivity contribution is 7.95. The lowest BCUT2D eigenvalue weighted by molar-refractivity contribution is 0.503. The number of nitrogens with zero attached hydrogens (tertiary/aromatic N) is 1. The molecule has 4 nitrogen and oxygen atoms in total. The monoisotopic (exact) mass is 296 g/mol. The van der Waals surface area contributed by atoms with E-state index < -0.39 is 15.3 Å². The number of hydrogen-bond acceptors (Lipinski definition) is 4. The van der Waals surface area contributed by atoms with Crippen LogP contribution in [-0.4, -0.2) is 8.42 Å². The standard InChI is InChI=1S/C13H13ClN2O2S/c1-13(2,3)12-11(7-15)19(17,18)10-6-8(14)4-5-9(10)16-12/h4-6,16H,1-3H3. The van der Waals surface area contributed by atoms with E-state index in [1.54, 1.807) is 18.2 Å². The van der Waals surface area contributed by atoms with Gasteiger partial charge in [0, 0.05) is 10.4 Å². The smallest absolute Gasteiger partial charge is 0.220 e. The first kappa shape index (κ1) is 13.9. The Balaban J connectivity index is 2.81. The van der Waals surface area contributed by atoms with Crippen LogP contribution in [0.4, 0.5) is 5.69 Å². The molecule has 0 aromatic heterocycles. The SMILES string of the molecule is CC(C)(C)C1=C(C#N)S(=O)(=O)c2cc(Cl)ccc2N1. The molecule has 0 radical (unpaired) electrons. The summed E-state index contributed by atoms with van der Waals surface area (Å²) in [7, 11) is -3.82. The van der Waals surface area contributed by atoms with Gasteiger partial charge in [0.2, 0.25) is 9.84 Å². The van der Waals surface area contributed by atoms with E-state index in [2.05, 4.69) is 5.32 Å². The van der Waals surface area contributed by atoms with Crippen molar-refractivity contribution in [2.24, 2.45) is 5.41 Å². The number of fused-ring (bicyclic) bond motifs is 1. The zero-order valence-corrected chi connectivity index (χ0v) is 12.4. The van der Waals surface area contributed by atoms with Gasteiger partial charge in [0.05, 0.1) is 16.3 Å². The van der Waals surface area contributed by atoms with Crippen molar-refractivity contribution in [1.82, 2.24) is 0 Å². The first-order valence-corrected chi connectivity index (χ1v) is 7.50. The molecular weight excluding hydrogens is 284 g/mol. The zero-order valence-electron chi connectivity index (χ0n) is 10.8. The van der Waals surface area contributed by atoms with E-state index in [9.17, 15) is 13.7 Å². The Morgan fingerprint density at radius 2 is 1.95 bits per heavy atom. The topological polar surface area (TPSA) is 70.0 Å². The normalized spacial score (nSPS) is 17.4. The minimum Gasteiger partial charge on any atom is -0.356 e. The maximum absolute atomic E-state index is 12.5. The fourth-order valence-corrected chi connectivity index (χ4v) is 3.80. The van der Waals surface area contributed by atoms with Crippen LogP contribution in [0.1, 0.15) is 20.8 Å². The van der Waals surface area contributed by atoms with Crippen LogP contribution in [0.25, 0.3) is 0 Å². The molecule has 0 spiro atoms. The van der Waals surface area contributed by atoms with Crippen LogP contribution in [0.5, 0.6) is 0 Å². The summed E-state index contributed by atoms with van der Waals surface area (Å²) in [5.74, 6) is 0. The van der Waals surface area contributed by atoms with Gasteiger partial charge in [0.25, 0.3) is 0 Å². The summed E-state index contributed by atoms with van der Waals surface area (Å²) in [5, 5.41) is 12.6. The predicted molar refractivity (Wildman–Crippen MR) is 74.4 cm³/mol. The Bertz CT molecular complexity index is 722. The van der Waals surface area contributed by atoms with Crippen molar-refractivity contribution in [3.8, 4) is 6.07 Å². The van der Waals surface area contributed by atoms with Gasteiger partial charge in [-0.2, -0.15) is 5.26 Å². The Morgan fingerprint density at radius 1 is 1.32 bits per heavy atom. The van der Waals surface area contributed by atoms with E-state index in [0.717, 1.165) is 0 Å². The molecule has 0 saturated heterocycles. The first-order chi connectivity index (χ1) is 8.67. The Kier molecular flexibility index (Phi) is 3.12. The van der Waals surface area contributed by atoms with Crippen LogP contribution in [0.15, 0.2) is 33.7 Å². The van der Waals surface area contributed by atoms with Crippen LogP contribution in [0.3, 0.4) is 0 Å². The molecule has 6 heteroatoms. The van der Waals surface area contributed by atoms with E-state index in [1.807, 2.05) is 20.8 Å². The molecule has 0 unspecified atom stereocenters. The van der Waals surface area contributed by atoms with E-state index in [-0.39, 0.29) is 9.80 Å². The van der Waals surface area contributed by atoms with Crippen molar-refractivity contribution in [3.63, 3.8) is 0 Å². The molecule has 19 heavy (non-hydrogen) atoms. The largest absolute Gasteiger partial charge is 0.356 e. The van der Waals surface area contributed by atoms with E-state index in [4.69, 9.17) is 11.6 Å². The molecule has 1 aliphatic heterocycles. The van der Waals surface area contributed by atoms with Crippen LogP contribution in [-0.2, 0) is 9.84 Å². The summed E-state index contributed by atoms with van der Waals surface area (Å²) in [4.78, 5) is -0.195. The third-order valence-electron chi connectivity index (χ3n) is 2.84. The lowest BCUT2D eigenvalue weighted by Crippen LogP contribution is -2.26. The molecule has 100 valence electrons. The number of anilines is 1. The molecule has 0 fully saturated rings. The molecule has 1 aromatic carbocycles. The van der Waals surface area contributed by atoms with Gasteiger partial charge in [-0.1, -0.05) is 32.4 Å². The van der Waals surface area contributed by atoms with Crippen LogP contribution in [0, 0.1) is 16.7 Å². The van der Waals surface area contributed by atoms with Crippen molar-refractivity contribution >= 4 is 27.1 Å². The fourth-order valence-electron chi connectivity index (χ4n) is 1.90. The van der Waals surface area contributed by atoms with Crippen molar-refractivity contribution in [2.45, 2.75) is 25.7 Å². The molecule has 0 saturated carbocycles. The minimum absolute atomic E-state index is 0.0459. The first-order valence-electron chi connectivity index (χ1n) is 5.64. The lowest BCUT2D eigenvalue weighted by Gasteiger charge is -2.30. The highest BCUT2D eigenvalue weighted by atomic mass is 35.5. The van der Waals surface area contributed by atoms with Gasteiger partial charge in [-0.3, -0.25) is 0 Å². The third kappa shape index (κ3) is 2.22. The second-order valence-corrected chi connectivity index (χ2v) is 7.63. The average molecular weight is 297 g/mol.